The van der Waals surface area contributed by atoms with E-state index in [1.54, 1.807) is 19.1 Å². The second-order valence-corrected chi connectivity index (χ2v) is 4.91. The molecule has 2 amide bonds. The highest BCUT2D eigenvalue weighted by Crippen LogP contribution is 2.03. The molecular formula is C13H21N5O2. The maximum atomic E-state index is 11.9. The van der Waals surface area contributed by atoms with Gasteiger partial charge in [-0.1, -0.05) is 13.8 Å². The summed E-state index contributed by atoms with van der Waals surface area (Å²) < 4.78 is 0. The molecule has 1 aromatic heterocycles. The lowest BCUT2D eigenvalue weighted by molar-refractivity contribution is -0.122. The second kappa shape index (κ2) is 7.44. The number of carbonyl (C=O) groups is 2. The molecule has 1 aromatic rings. The van der Waals surface area contributed by atoms with Gasteiger partial charge in [-0.3, -0.25) is 9.59 Å². The van der Waals surface area contributed by atoms with Crippen LogP contribution in [0.3, 0.4) is 0 Å². The average molecular weight is 279 g/mol. The molecule has 0 aliphatic heterocycles. The number of nitrogens with two attached hydrogens (primary N) is 1. The van der Waals surface area contributed by atoms with Crippen molar-refractivity contribution in [3.8, 4) is 0 Å². The predicted molar refractivity (Wildman–Crippen MR) is 76.8 cm³/mol. The number of nitrogens with one attached hydrogen (secondary N) is 3. The van der Waals surface area contributed by atoms with Crippen LogP contribution in [0.4, 0.5) is 5.82 Å². The minimum atomic E-state index is -0.603. The van der Waals surface area contributed by atoms with Crippen molar-refractivity contribution in [2.45, 2.75) is 26.8 Å². The number of nitrogen functional groups attached to an aromatic ring is 1. The van der Waals surface area contributed by atoms with Gasteiger partial charge in [0, 0.05) is 12.7 Å². The number of nitrogens with zero attached hydrogens (tertiary/aromatic N) is 1. The van der Waals surface area contributed by atoms with Crippen LogP contribution < -0.4 is 21.9 Å². The van der Waals surface area contributed by atoms with E-state index < -0.39 is 6.04 Å². The minimum Gasteiger partial charge on any atom is -0.354 e. The fraction of sp³-hybridized carbons (Fsp3) is 0.462. The van der Waals surface area contributed by atoms with Crippen molar-refractivity contribution in [1.29, 1.82) is 0 Å². The molecule has 1 unspecified atom stereocenters. The maximum Gasteiger partial charge on any atom is 0.253 e. The summed E-state index contributed by atoms with van der Waals surface area (Å²) in [5, 5.41) is 5.38. The van der Waals surface area contributed by atoms with Crippen LogP contribution in [0.5, 0.6) is 0 Å². The number of anilines is 1. The number of rotatable bonds is 6. The monoisotopic (exact) mass is 279 g/mol. The zero-order chi connectivity index (χ0) is 15.1. The Kier molecular flexibility index (Phi) is 5.92. The highest BCUT2D eigenvalue weighted by Gasteiger charge is 2.16. The van der Waals surface area contributed by atoms with Gasteiger partial charge < -0.3 is 16.1 Å². The first kappa shape index (κ1) is 15.9. The third-order valence-electron chi connectivity index (χ3n) is 2.60. The Balaban J connectivity index is 2.53. The fourth-order valence-electron chi connectivity index (χ4n) is 1.42. The molecule has 0 fully saturated rings. The van der Waals surface area contributed by atoms with Gasteiger partial charge in [0.15, 0.2) is 0 Å². The van der Waals surface area contributed by atoms with Gasteiger partial charge in [-0.25, -0.2) is 10.8 Å². The summed E-state index contributed by atoms with van der Waals surface area (Å²) in [4.78, 5) is 27.6. The Morgan fingerprint density at radius 3 is 2.50 bits per heavy atom. The lowest BCUT2D eigenvalue weighted by Gasteiger charge is -2.15. The topological polar surface area (TPSA) is 109 Å². The third kappa shape index (κ3) is 4.85. The molecular weight excluding hydrogens is 258 g/mol. The van der Waals surface area contributed by atoms with Gasteiger partial charge in [-0.2, -0.15) is 0 Å². The van der Waals surface area contributed by atoms with E-state index in [1.165, 1.54) is 6.20 Å². The van der Waals surface area contributed by atoms with Gasteiger partial charge in [0.05, 0.1) is 5.56 Å². The van der Waals surface area contributed by atoms with E-state index >= 15 is 0 Å². The molecule has 0 radical (unpaired) electrons. The van der Waals surface area contributed by atoms with Gasteiger partial charge in [-0.05, 0) is 25.0 Å². The smallest absolute Gasteiger partial charge is 0.253 e. The summed E-state index contributed by atoms with van der Waals surface area (Å²) in [7, 11) is 0. The van der Waals surface area contributed by atoms with Crippen molar-refractivity contribution in [3.05, 3.63) is 23.9 Å². The maximum absolute atomic E-state index is 11.9. The van der Waals surface area contributed by atoms with E-state index in [0.717, 1.165) is 0 Å². The van der Waals surface area contributed by atoms with Crippen molar-refractivity contribution < 1.29 is 9.59 Å². The summed E-state index contributed by atoms with van der Waals surface area (Å²) in [6, 6.07) is 2.56. The molecule has 0 bridgehead atoms. The van der Waals surface area contributed by atoms with E-state index in [0.29, 0.717) is 23.8 Å². The third-order valence-corrected chi connectivity index (χ3v) is 2.60. The van der Waals surface area contributed by atoms with Gasteiger partial charge in [-0.15, -0.1) is 0 Å². The van der Waals surface area contributed by atoms with Crippen LogP contribution in [0, 0.1) is 5.92 Å². The highest BCUT2D eigenvalue weighted by atomic mass is 16.2. The Morgan fingerprint density at radius 2 is 2.00 bits per heavy atom. The van der Waals surface area contributed by atoms with Crippen LogP contribution in [0.1, 0.15) is 31.1 Å². The number of amides is 2. The van der Waals surface area contributed by atoms with Crippen LogP contribution in [0.25, 0.3) is 0 Å². The molecule has 0 aromatic carbocycles. The van der Waals surface area contributed by atoms with E-state index in [9.17, 15) is 9.59 Å². The Bertz CT molecular complexity index is 458. The van der Waals surface area contributed by atoms with Gasteiger partial charge in [0.2, 0.25) is 5.91 Å². The number of carbonyl (C=O) groups excluding carboxylic acids is 2. The first-order chi connectivity index (χ1) is 9.43. The van der Waals surface area contributed by atoms with Crippen molar-refractivity contribution in [3.63, 3.8) is 0 Å². The number of pyridine rings is 1. The van der Waals surface area contributed by atoms with Crippen molar-refractivity contribution in [2.24, 2.45) is 11.8 Å². The highest BCUT2D eigenvalue weighted by molar-refractivity contribution is 5.97. The largest absolute Gasteiger partial charge is 0.354 e. The summed E-state index contributed by atoms with van der Waals surface area (Å²) in [5.74, 6) is 5.45. The van der Waals surface area contributed by atoms with Gasteiger partial charge in [0.25, 0.3) is 5.91 Å². The number of aromatic nitrogens is 1. The van der Waals surface area contributed by atoms with E-state index in [4.69, 9.17) is 5.84 Å². The van der Waals surface area contributed by atoms with Crippen LogP contribution in [-0.4, -0.2) is 29.4 Å². The standard InChI is InChI=1S/C13H21N5O2/c1-8(2)6-16-12(19)9(3)17-13(20)10-4-5-11(18-14)15-7-10/h4-5,7-9H,6,14H2,1-3H3,(H,15,18)(H,16,19)(H,17,20). The number of hydrogen-bond donors (Lipinski definition) is 4. The SMILES string of the molecule is CC(C)CNC(=O)C(C)NC(=O)c1ccc(NN)nc1. The molecule has 5 N–H and O–H groups in total. The first-order valence-electron chi connectivity index (χ1n) is 6.45. The summed E-state index contributed by atoms with van der Waals surface area (Å²) in [6.45, 7) is 6.22. The van der Waals surface area contributed by atoms with Crippen LogP contribution in [-0.2, 0) is 4.79 Å². The first-order valence-corrected chi connectivity index (χ1v) is 6.45. The molecule has 1 atom stereocenters. The Hall–Kier alpha value is -2.15. The fourth-order valence-corrected chi connectivity index (χ4v) is 1.42. The van der Waals surface area contributed by atoms with Crippen LogP contribution in [0.2, 0.25) is 0 Å². The van der Waals surface area contributed by atoms with Gasteiger partial charge >= 0.3 is 0 Å². The lowest BCUT2D eigenvalue weighted by Crippen LogP contribution is -2.45. The van der Waals surface area contributed by atoms with Crippen molar-refractivity contribution >= 4 is 17.6 Å². The van der Waals surface area contributed by atoms with E-state index in [2.05, 4.69) is 21.0 Å². The van der Waals surface area contributed by atoms with E-state index in [-0.39, 0.29) is 11.8 Å². The zero-order valence-electron chi connectivity index (χ0n) is 11.9. The normalized spacial score (nSPS) is 11.8. The molecule has 1 rings (SSSR count). The summed E-state index contributed by atoms with van der Waals surface area (Å²) >= 11 is 0. The minimum absolute atomic E-state index is 0.208. The Labute approximate surface area is 118 Å². The predicted octanol–water partition coefficient (Wildman–Crippen LogP) is 0.258. The molecule has 7 nitrogen and oxygen atoms in total. The number of hydrogen-bond acceptors (Lipinski definition) is 5. The molecule has 0 aliphatic carbocycles. The zero-order valence-corrected chi connectivity index (χ0v) is 11.9. The quantitative estimate of drug-likeness (QED) is 0.441. The molecule has 0 saturated carbocycles. The van der Waals surface area contributed by atoms with E-state index in [1.807, 2.05) is 13.8 Å². The molecule has 20 heavy (non-hydrogen) atoms. The Morgan fingerprint density at radius 1 is 1.30 bits per heavy atom. The van der Waals surface area contributed by atoms with Crippen LogP contribution >= 0.6 is 0 Å². The van der Waals surface area contributed by atoms with Crippen molar-refractivity contribution in [2.75, 3.05) is 12.0 Å². The molecule has 7 heteroatoms. The molecule has 1 heterocycles. The summed E-state index contributed by atoms with van der Waals surface area (Å²) in [6.07, 6.45) is 1.39. The number of hydrazine groups is 1. The average Bonchev–Trinajstić information content (AvgIpc) is 2.44. The molecule has 0 saturated heterocycles. The molecule has 0 aliphatic rings. The summed E-state index contributed by atoms with van der Waals surface area (Å²) in [5.41, 5.74) is 2.74. The second-order valence-electron chi connectivity index (χ2n) is 4.91. The lowest BCUT2D eigenvalue weighted by atomic mass is 10.2. The molecule has 110 valence electrons. The van der Waals surface area contributed by atoms with Crippen molar-refractivity contribution in [1.82, 2.24) is 15.6 Å². The molecule has 0 spiro atoms. The van der Waals surface area contributed by atoms with Crippen LogP contribution in [0.15, 0.2) is 18.3 Å². The van der Waals surface area contributed by atoms with Gasteiger partial charge in [0.1, 0.15) is 11.9 Å².